The molecule has 0 spiro atoms. The molecule has 5 heteroatoms. The van der Waals surface area contributed by atoms with Crippen molar-refractivity contribution in [3.8, 4) is 5.75 Å². The molecule has 1 aromatic rings. The Morgan fingerprint density at radius 1 is 1.53 bits per heavy atom. The highest BCUT2D eigenvalue weighted by Gasteiger charge is 2.04. The summed E-state index contributed by atoms with van der Waals surface area (Å²) in [7, 11) is 1.70. The van der Waals surface area contributed by atoms with Crippen LogP contribution in [0.5, 0.6) is 5.75 Å². The van der Waals surface area contributed by atoms with E-state index in [9.17, 15) is 9.90 Å². The summed E-state index contributed by atoms with van der Waals surface area (Å²) >= 11 is 0. The van der Waals surface area contributed by atoms with Gasteiger partial charge in [-0.3, -0.25) is 5.32 Å². The van der Waals surface area contributed by atoms with Crippen molar-refractivity contribution in [1.82, 2.24) is 0 Å². The van der Waals surface area contributed by atoms with E-state index in [0.29, 0.717) is 18.0 Å². The highest BCUT2D eigenvalue weighted by Crippen LogP contribution is 2.26. The maximum Gasteiger partial charge on any atom is 0.411 e. The molecular formula is C10H14N2O3. The molecule has 0 aliphatic heterocycles. The van der Waals surface area contributed by atoms with Crippen LogP contribution in [0.1, 0.15) is 6.92 Å². The minimum atomic E-state index is -0.533. The van der Waals surface area contributed by atoms with Crippen molar-refractivity contribution in [2.45, 2.75) is 6.92 Å². The third kappa shape index (κ3) is 3.05. The zero-order chi connectivity index (χ0) is 11.3. The third-order valence-electron chi connectivity index (χ3n) is 1.79. The number of carbonyl (C=O) groups is 1. The van der Waals surface area contributed by atoms with Gasteiger partial charge in [-0.1, -0.05) is 0 Å². The number of anilines is 2. The molecule has 0 radical (unpaired) electrons. The van der Waals surface area contributed by atoms with Crippen LogP contribution >= 0.6 is 0 Å². The molecule has 3 N–H and O–H groups in total. The lowest BCUT2D eigenvalue weighted by Crippen LogP contribution is -2.13. The van der Waals surface area contributed by atoms with E-state index in [2.05, 4.69) is 10.6 Å². The molecule has 0 aliphatic rings. The highest BCUT2D eigenvalue weighted by atomic mass is 16.5. The third-order valence-corrected chi connectivity index (χ3v) is 1.79. The van der Waals surface area contributed by atoms with E-state index in [1.165, 1.54) is 6.07 Å². The Kier molecular flexibility index (Phi) is 3.79. The molecule has 1 rings (SSSR count). The van der Waals surface area contributed by atoms with Crippen LogP contribution in [0.25, 0.3) is 0 Å². The number of phenols is 1. The van der Waals surface area contributed by atoms with Gasteiger partial charge in [-0.15, -0.1) is 0 Å². The van der Waals surface area contributed by atoms with Gasteiger partial charge in [0.15, 0.2) is 0 Å². The Morgan fingerprint density at radius 3 is 2.80 bits per heavy atom. The molecule has 0 fully saturated rings. The van der Waals surface area contributed by atoms with Gasteiger partial charge < -0.3 is 15.2 Å². The van der Waals surface area contributed by atoms with Crippen molar-refractivity contribution in [2.24, 2.45) is 0 Å². The topological polar surface area (TPSA) is 70.6 Å². The van der Waals surface area contributed by atoms with Crippen molar-refractivity contribution < 1.29 is 14.6 Å². The largest absolute Gasteiger partial charge is 0.506 e. The number of nitrogens with one attached hydrogen (secondary N) is 2. The molecular weight excluding hydrogens is 196 g/mol. The summed E-state index contributed by atoms with van der Waals surface area (Å²) in [5.41, 5.74) is 1.09. The Balaban J connectivity index is 2.71. The average Bonchev–Trinajstić information content (AvgIpc) is 2.18. The Bertz CT molecular complexity index is 353. The predicted octanol–water partition coefficient (Wildman–Crippen LogP) is 2.00. The fourth-order valence-corrected chi connectivity index (χ4v) is 1.11. The number of benzene rings is 1. The summed E-state index contributed by atoms with van der Waals surface area (Å²) in [4.78, 5) is 11.0. The average molecular weight is 210 g/mol. The number of rotatable bonds is 3. The van der Waals surface area contributed by atoms with Gasteiger partial charge in [-0.05, 0) is 19.1 Å². The smallest absolute Gasteiger partial charge is 0.411 e. The monoisotopic (exact) mass is 210 g/mol. The molecule has 0 saturated heterocycles. The van der Waals surface area contributed by atoms with E-state index in [1.807, 2.05) is 0 Å². The fraction of sp³-hybridized carbons (Fsp3) is 0.300. The van der Waals surface area contributed by atoms with E-state index in [1.54, 1.807) is 26.1 Å². The predicted molar refractivity (Wildman–Crippen MR) is 58.3 cm³/mol. The van der Waals surface area contributed by atoms with Crippen LogP contribution in [0.15, 0.2) is 18.2 Å². The molecule has 5 nitrogen and oxygen atoms in total. The Morgan fingerprint density at radius 2 is 2.27 bits per heavy atom. The van der Waals surface area contributed by atoms with Crippen molar-refractivity contribution in [1.29, 1.82) is 0 Å². The van der Waals surface area contributed by atoms with Crippen molar-refractivity contribution >= 4 is 17.5 Å². The van der Waals surface area contributed by atoms with Gasteiger partial charge in [0.1, 0.15) is 5.75 Å². The molecule has 82 valence electrons. The van der Waals surface area contributed by atoms with Crippen LogP contribution < -0.4 is 10.6 Å². The summed E-state index contributed by atoms with van der Waals surface area (Å²) in [5.74, 6) is 0.0757. The van der Waals surface area contributed by atoms with Crippen LogP contribution in [0.2, 0.25) is 0 Å². The summed E-state index contributed by atoms with van der Waals surface area (Å²) < 4.78 is 4.69. The van der Waals surface area contributed by atoms with E-state index < -0.39 is 6.09 Å². The second-order valence-electron chi connectivity index (χ2n) is 2.83. The Hall–Kier alpha value is -1.91. The summed E-state index contributed by atoms with van der Waals surface area (Å²) in [6.45, 7) is 2.04. The maximum absolute atomic E-state index is 11.0. The van der Waals surface area contributed by atoms with E-state index in [-0.39, 0.29) is 5.75 Å². The normalized spacial score (nSPS) is 9.47. The molecule has 0 aromatic heterocycles. The SMILES string of the molecule is CCOC(=O)Nc1ccc(NC)c(O)c1. The van der Waals surface area contributed by atoms with Crippen LogP contribution in [-0.2, 0) is 4.74 Å². The van der Waals surface area contributed by atoms with Crippen LogP contribution in [-0.4, -0.2) is 24.9 Å². The molecule has 0 aliphatic carbocycles. The zero-order valence-corrected chi connectivity index (χ0v) is 8.70. The first-order valence-electron chi connectivity index (χ1n) is 4.62. The molecule has 0 unspecified atom stereocenters. The minimum absolute atomic E-state index is 0.0757. The minimum Gasteiger partial charge on any atom is -0.506 e. The summed E-state index contributed by atoms with van der Waals surface area (Å²) in [6, 6.07) is 4.78. The molecule has 0 atom stereocenters. The molecule has 1 amide bonds. The Labute approximate surface area is 88.1 Å². The quantitative estimate of drug-likeness (QED) is 0.667. The molecule has 0 saturated carbocycles. The van der Waals surface area contributed by atoms with Gasteiger partial charge in [0.05, 0.1) is 12.3 Å². The van der Waals surface area contributed by atoms with Gasteiger partial charge >= 0.3 is 6.09 Å². The second-order valence-corrected chi connectivity index (χ2v) is 2.83. The van der Waals surface area contributed by atoms with Crippen molar-refractivity contribution in [3.05, 3.63) is 18.2 Å². The molecule has 15 heavy (non-hydrogen) atoms. The number of hydrogen-bond donors (Lipinski definition) is 3. The zero-order valence-electron chi connectivity index (χ0n) is 8.70. The van der Waals surface area contributed by atoms with Crippen molar-refractivity contribution in [3.63, 3.8) is 0 Å². The maximum atomic E-state index is 11.0. The van der Waals surface area contributed by atoms with E-state index in [4.69, 9.17) is 4.74 Å². The first-order chi connectivity index (χ1) is 7.17. The lowest BCUT2D eigenvalue weighted by molar-refractivity contribution is 0.168. The van der Waals surface area contributed by atoms with E-state index >= 15 is 0 Å². The number of aromatic hydroxyl groups is 1. The van der Waals surface area contributed by atoms with Crippen LogP contribution in [0.4, 0.5) is 16.2 Å². The highest BCUT2D eigenvalue weighted by molar-refractivity contribution is 5.85. The summed E-state index contributed by atoms with van der Waals surface area (Å²) in [6.07, 6.45) is -0.533. The standard InChI is InChI=1S/C10H14N2O3/c1-3-15-10(14)12-7-4-5-8(11-2)9(13)6-7/h4-6,11,13H,3H2,1-2H3,(H,12,14). The van der Waals surface area contributed by atoms with Crippen LogP contribution in [0.3, 0.4) is 0 Å². The lowest BCUT2D eigenvalue weighted by Gasteiger charge is -2.08. The van der Waals surface area contributed by atoms with Crippen molar-refractivity contribution in [2.75, 3.05) is 24.3 Å². The van der Waals surface area contributed by atoms with Gasteiger partial charge in [0.2, 0.25) is 0 Å². The molecule has 1 aromatic carbocycles. The fourth-order valence-electron chi connectivity index (χ4n) is 1.11. The lowest BCUT2D eigenvalue weighted by atomic mass is 10.2. The molecule has 0 bridgehead atoms. The first kappa shape index (κ1) is 11.2. The first-order valence-corrected chi connectivity index (χ1v) is 4.62. The van der Waals surface area contributed by atoms with E-state index in [0.717, 1.165) is 0 Å². The van der Waals surface area contributed by atoms with Gasteiger partial charge in [0.25, 0.3) is 0 Å². The number of amides is 1. The summed E-state index contributed by atoms with van der Waals surface area (Å²) in [5, 5.41) is 14.8. The number of ether oxygens (including phenoxy) is 1. The second kappa shape index (κ2) is 5.09. The van der Waals surface area contributed by atoms with Gasteiger partial charge in [0, 0.05) is 18.8 Å². The number of hydrogen-bond acceptors (Lipinski definition) is 4. The van der Waals surface area contributed by atoms with Crippen LogP contribution in [0, 0.1) is 0 Å². The number of carbonyl (C=O) groups excluding carboxylic acids is 1. The molecule has 0 heterocycles. The van der Waals surface area contributed by atoms with Gasteiger partial charge in [-0.2, -0.15) is 0 Å². The number of phenolic OH excluding ortho intramolecular Hbond substituents is 1. The van der Waals surface area contributed by atoms with Gasteiger partial charge in [-0.25, -0.2) is 4.79 Å².